The minimum absolute atomic E-state index is 0.0791. The summed E-state index contributed by atoms with van der Waals surface area (Å²) in [5.74, 6) is 0.432. The van der Waals surface area contributed by atoms with Gasteiger partial charge in [-0.05, 0) is 61.4 Å². The maximum atomic E-state index is 12.7. The Bertz CT molecular complexity index is 1290. The number of hydrogen-bond donors (Lipinski definition) is 1. The standard InChI is InChI=1S/C26H21BrCl2N2O3/c1-3-33-24-11-18(21(27)13-25(24)34-15-17-6-4-5-7-22(17)28)10-19(14-30)26(32)31-20-9-8-16(2)23(29)12-20/h4-13H,3,15H2,1-2H3,(H,31,32)/b19-10-. The Morgan fingerprint density at radius 1 is 1.09 bits per heavy atom. The zero-order valence-electron chi connectivity index (χ0n) is 18.5. The normalized spacial score (nSPS) is 11.0. The first-order valence-electron chi connectivity index (χ1n) is 10.3. The average molecular weight is 560 g/mol. The number of amides is 1. The lowest BCUT2D eigenvalue weighted by Crippen LogP contribution is -2.13. The molecule has 3 aromatic carbocycles. The molecule has 0 aliphatic carbocycles. The molecule has 3 aromatic rings. The number of nitriles is 1. The Morgan fingerprint density at radius 3 is 2.50 bits per heavy atom. The van der Waals surface area contributed by atoms with Crippen LogP contribution in [0.3, 0.4) is 0 Å². The number of nitrogens with one attached hydrogen (secondary N) is 1. The van der Waals surface area contributed by atoms with Crippen LogP contribution < -0.4 is 14.8 Å². The second kappa shape index (κ2) is 11.9. The van der Waals surface area contributed by atoms with Crippen LogP contribution in [0, 0.1) is 18.3 Å². The van der Waals surface area contributed by atoms with Crippen LogP contribution in [-0.2, 0) is 11.4 Å². The van der Waals surface area contributed by atoms with E-state index in [9.17, 15) is 10.1 Å². The minimum atomic E-state index is -0.550. The third-order valence-electron chi connectivity index (χ3n) is 4.80. The minimum Gasteiger partial charge on any atom is -0.490 e. The van der Waals surface area contributed by atoms with E-state index in [0.717, 1.165) is 11.1 Å². The van der Waals surface area contributed by atoms with Crippen molar-refractivity contribution in [1.29, 1.82) is 5.26 Å². The van der Waals surface area contributed by atoms with Crippen LogP contribution in [0.1, 0.15) is 23.6 Å². The SMILES string of the molecule is CCOc1cc(/C=C(/C#N)C(=O)Nc2ccc(C)c(Cl)c2)c(Br)cc1OCc1ccccc1Cl. The molecule has 0 atom stereocenters. The summed E-state index contributed by atoms with van der Waals surface area (Å²) in [5, 5.41) is 13.4. The molecule has 0 aromatic heterocycles. The third-order valence-corrected chi connectivity index (χ3v) is 6.26. The number of carbonyl (C=O) groups is 1. The molecule has 0 aliphatic heterocycles. The first-order valence-corrected chi connectivity index (χ1v) is 11.9. The topological polar surface area (TPSA) is 71.3 Å². The van der Waals surface area contributed by atoms with Crippen molar-refractivity contribution in [3.05, 3.63) is 91.4 Å². The van der Waals surface area contributed by atoms with Gasteiger partial charge in [-0.25, -0.2) is 0 Å². The molecule has 0 radical (unpaired) electrons. The Labute approximate surface area is 217 Å². The van der Waals surface area contributed by atoms with Crippen molar-refractivity contribution in [3.8, 4) is 17.6 Å². The fourth-order valence-electron chi connectivity index (χ4n) is 2.99. The Balaban J connectivity index is 1.86. The van der Waals surface area contributed by atoms with Crippen molar-refractivity contribution < 1.29 is 14.3 Å². The molecule has 5 nitrogen and oxygen atoms in total. The van der Waals surface area contributed by atoms with Crippen molar-refractivity contribution >= 4 is 56.8 Å². The highest BCUT2D eigenvalue weighted by Crippen LogP contribution is 2.36. The van der Waals surface area contributed by atoms with Gasteiger partial charge in [0, 0.05) is 25.8 Å². The Kier molecular flexibility index (Phi) is 9.00. The van der Waals surface area contributed by atoms with Crippen molar-refractivity contribution in [2.75, 3.05) is 11.9 Å². The first-order chi connectivity index (χ1) is 16.3. The molecule has 174 valence electrons. The van der Waals surface area contributed by atoms with Gasteiger partial charge in [-0.15, -0.1) is 0 Å². The summed E-state index contributed by atoms with van der Waals surface area (Å²) < 4.78 is 12.3. The maximum Gasteiger partial charge on any atom is 0.266 e. The summed E-state index contributed by atoms with van der Waals surface area (Å²) in [6, 6.07) is 18.0. The summed E-state index contributed by atoms with van der Waals surface area (Å²) in [5.41, 5.74) is 2.73. The van der Waals surface area contributed by atoms with E-state index in [0.29, 0.717) is 43.9 Å². The molecule has 34 heavy (non-hydrogen) atoms. The summed E-state index contributed by atoms with van der Waals surface area (Å²) in [6.45, 7) is 4.39. The zero-order chi connectivity index (χ0) is 24.7. The average Bonchev–Trinajstić information content (AvgIpc) is 2.81. The van der Waals surface area contributed by atoms with Gasteiger partial charge >= 0.3 is 0 Å². The van der Waals surface area contributed by atoms with Crippen LogP contribution in [0.2, 0.25) is 10.0 Å². The predicted octanol–water partition coefficient (Wildman–Crippen LogP) is 7.59. The van der Waals surface area contributed by atoms with E-state index in [4.69, 9.17) is 32.7 Å². The zero-order valence-corrected chi connectivity index (χ0v) is 21.6. The van der Waals surface area contributed by atoms with Crippen LogP contribution in [-0.4, -0.2) is 12.5 Å². The molecule has 0 unspecified atom stereocenters. The fraction of sp³-hybridized carbons (Fsp3) is 0.154. The number of anilines is 1. The molecule has 1 N–H and O–H groups in total. The molecule has 8 heteroatoms. The predicted molar refractivity (Wildman–Crippen MR) is 140 cm³/mol. The molecule has 0 bridgehead atoms. The maximum absolute atomic E-state index is 12.7. The fourth-order valence-corrected chi connectivity index (χ4v) is 3.79. The van der Waals surface area contributed by atoms with E-state index in [1.165, 1.54) is 6.08 Å². The quantitative estimate of drug-likeness (QED) is 0.228. The number of nitrogens with zero attached hydrogens (tertiary/aromatic N) is 1. The molecule has 0 spiro atoms. The van der Waals surface area contributed by atoms with E-state index in [2.05, 4.69) is 21.2 Å². The molecule has 0 saturated carbocycles. The van der Waals surface area contributed by atoms with Gasteiger partial charge < -0.3 is 14.8 Å². The van der Waals surface area contributed by atoms with E-state index in [1.807, 2.05) is 38.1 Å². The summed E-state index contributed by atoms with van der Waals surface area (Å²) in [6.07, 6.45) is 1.48. The van der Waals surface area contributed by atoms with Gasteiger partial charge in [-0.3, -0.25) is 4.79 Å². The van der Waals surface area contributed by atoms with E-state index >= 15 is 0 Å². The van der Waals surface area contributed by atoms with E-state index < -0.39 is 5.91 Å². The van der Waals surface area contributed by atoms with E-state index in [-0.39, 0.29) is 12.2 Å². The monoisotopic (exact) mass is 558 g/mol. The van der Waals surface area contributed by atoms with Crippen LogP contribution in [0.5, 0.6) is 11.5 Å². The number of rotatable bonds is 8. The molecule has 3 rings (SSSR count). The van der Waals surface area contributed by atoms with Gasteiger partial charge in [-0.2, -0.15) is 5.26 Å². The Morgan fingerprint density at radius 2 is 1.82 bits per heavy atom. The molecular weight excluding hydrogens is 539 g/mol. The number of benzene rings is 3. The number of halogens is 3. The van der Waals surface area contributed by atoms with Gasteiger partial charge in [0.25, 0.3) is 5.91 Å². The third kappa shape index (κ3) is 6.54. The molecule has 1 amide bonds. The smallest absolute Gasteiger partial charge is 0.266 e. The van der Waals surface area contributed by atoms with Crippen molar-refractivity contribution in [3.63, 3.8) is 0 Å². The lowest BCUT2D eigenvalue weighted by molar-refractivity contribution is -0.112. The van der Waals surface area contributed by atoms with Crippen LogP contribution in [0.25, 0.3) is 6.08 Å². The lowest BCUT2D eigenvalue weighted by Gasteiger charge is -2.15. The lowest BCUT2D eigenvalue weighted by atomic mass is 10.1. The molecule has 0 fully saturated rings. The highest BCUT2D eigenvalue weighted by molar-refractivity contribution is 9.10. The summed E-state index contributed by atoms with van der Waals surface area (Å²) >= 11 is 15.8. The van der Waals surface area contributed by atoms with Gasteiger partial charge in [0.15, 0.2) is 11.5 Å². The Hall–Kier alpha value is -2.98. The van der Waals surface area contributed by atoms with Crippen LogP contribution >= 0.6 is 39.1 Å². The first kappa shape index (κ1) is 25.6. The number of ether oxygens (including phenoxy) is 2. The highest BCUT2D eigenvalue weighted by Gasteiger charge is 2.15. The molecular formula is C26H21BrCl2N2O3. The summed E-state index contributed by atoms with van der Waals surface area (Å²) in [7, 11) is 0. The number of hydrogen-bond acceptors (Lipinski definition) is 4. The van der Waals surface area contributed by atoms with Gasteiger partial charge in [-0.1, -0.05) is 63.4 Å². The van der Waals surface area contributed by atoms with Crippen LogP contribution in [0.4, 0.5) is 5.69 Å². The second-order valence-electron chi connectivity index (χ2n) is 7.22. The van der Waals surface area contributed by atoms with Crippen molar-refractivity contribution in [2.24, 2.45) is 0 Å². The van der Waals surface area contributed by atoms with Gasteiger partial charge in [0.1, 0.15) is 18.2 Å². The molecule has 0 aliphatic rings. The highest BCUT2D eigenvalue weighted by atomic mass is 79.9. The van der Waals surface area contributed by atoms with Crippen molar-refractivity contribution in [1.82, 2.24) is 0 Å². The van der Waals surface area contributed by atoms with E-state index in [1.54, 1.807) is 36.4 Å². The largest absolute Gasteiger partial charge is 0.490 e. The molecule has 0 heterocycles. The second-order valence-corrected chi connectivity index (χ2v) is 8.89. The van der Waals surface area contributed by atoms with Gasteiger partial charge in [0.05, 0.1) is 6.61 Å². The number of aryl methyl sites for hydroxylation is 1. The van der Waals surface area contributed by atoms with Crippen LogP contribution in [0.15, 0.2) is 64.6 Å². The molecule has 0 saturated heterocycles. The van der Waals surface area contributed by atoms with Gasteiger partial charge in [0.2, 0.25) is 0 Å². The summed E-state index contributed by atoms with van der Waals surface area (Å²) in [4.78, 5) is 12.7. The number of carbonyl (C=O) groups excluding carboxylic acids is 1. The van der Waals surface area contributed by atoms with Crippen molar-refractivity contribution in [2.45, 2.75) is 20.5 Å².